The number of hydrogen-bond donors (Lipinski definition) is 0. The minimum atomic E-state index is 0.669. The van der Waals surface area contributed by atoms with Crippen molar-refractivity contribution in [3.05, 3.63) is 24.5 Å². The lowest BCUT2D eigenvalue weighted by molar-refractivity contribution is 0.0949. The fraction of sp³-hybridized carbons (Fsp3) is 0.250. The maximum Gasteiger partial charge on any atom is 0.208 e. The van der Waals surface area contributed by atoms with Crippen LogP contribution in [0.1, 0.15) is 0 Å². The van der Waals surface area contributed by atoms with Gasteiger partial charge < -0.3 is 9.47 Å². The molecule has 3 aliphatic rings. The molecule has 0 aromatic rings. The summed E-state index contributed by atoms with van der Waals surface area (Å²) in [4.78, 5) is 0. The van der Waals surface area contributed by atoms with Gasteiger partial charge >= 0.3 is 0 Å². The SMILES string of the molecule is IC1=C(I)SC(=C2SC3=C(OCCO3)S2)S1. The van der Waals surface area contributed by atoms with Gasteiger partial charge in [0.15, 0.2) is 0 Å². The first-order valence-corrected chi connectivity index (χ1v) is 9.67. The number of ether oxygens (including phenoxy) is 2. The summed E-state index contributed by atoms with van der Waals surface area (Å²) in [5.74, 6) is 0. The Kier molecular flexibility index (Phi) is 4.25. The molecule has 8 heteroatoms. The van der Waals surface area contributed by atoms with Crippen LogP contribution in [-0.4, -0.2) is 13.2 Å². The Hall–Kier alpha value is 1.68. The smallest absolute Gasteiger partial charge is 0.208 e. The molecule has 0 spiro atoms. The summed E-state index contributed by atoms with van der Waals surface area (Å²) < 4.78 is 16.5. The third-order valence-corrected chi connectivity index (χ3v) is 11.0. The Morgan fingerprint density at radius 3 is 1.69 bits per heavy atom. The fourth-order valence-corrected chi connectivity index (χ4v) is 8.54. The fourth-order valence-electron chi connectivity index (χ4n) is 1.15. The molecule has 0 aromatic heterocycles. The van der Waals surface area contributed by atoms with Crippen LogP contribution in [0.4, 0.5) is 0 Å². The summed E-state index contributed by atoms with van der Waals surface area (Å²) >= 11 is 11.8. The highest BCUT2D eigenvalue weighted by Crippen LogP contribution is 2.62. The highest BCUT2D eigenvalue weighted by molar-refractivity contribution is 14.1. The third-order valence-electron chi connectivity index (χ3n) is 1.77. The van der Waals surface area contributed by atoms with Crippen LogP contribution >= 0.6 is 92.2 Å². The number of halogens is 2. The summed E-state index contributed by atoms with van der Waals surface area (Å²) in [6, 6.07) is 0. The molecule has 0 amide bonds. The first-order chi connectivity index (χ1) is 7.74. The average molecular weight is 514 g/mol. The van der Waals surface area contributed by atoms with Gasteiger partial charge in [-0.25, -0.2) is 0 Å². The Morgan fingerprint density at radius 1 is 0.750 bits per heavy atom. The lowest BCUT2D eigenvalue weighted by Gasteiger charge is -2.13. The lowest BCUT2D eigenvalue weighted by Crippen LogP contribution is -2.08. The van der Waals surface area contributed by atoms with Crippen LogP contribution in [0.2, 0.25) is 0 Å². The van der Waals surface area contributed by atoms with Gasteiger partial charge in [-0.3, -0.25) is 0 Å². The molecule has 16 heavy (non-hydrogen) atoms. The monoisotopic (exact) mass is 514 g/mol. The molecule has 0 aliphatic carbocycles. The van der Waals surface area contributed by atoms with Gasteiger partial charge in [0, 0.05) is 0 Å². The van der Waals surface area contributed by atoms with Crippen LogP contribution in [0.25, 0.3) is 0 Å². The number of hydrogen-bond acceptors (Lipinski definition) is 6. The van der Waals surface area contributed by atoms with E-state index in [0.717, 1.165) is 10.2 Å². The molecule has 0 fully saturated rings. The van der Waals surface area contributed by atoms with Gasteiger partial charge in [0.25, 0.3) is 0 Å². The van der Waals surface area contributed by atoms with Gasteiger partial charge in [0.1, 0.15) is 13.2 Å². The maximum atomic E-state index is 5.57. The highest BCUT2D eigenvalue weighted by Gasteiger charge is 2.32. The van der Waals surface area contributed by atoms with Crippen LogP contribution in [0.15, 0.2) is 24.5 Å². The molecule has 86 valence electrons. The van der Waals surface area contributed by atoms with Crippen molar-refractivity contribution in [2.75, 3.05) is 13.2 Å². The first-order valence-electron chi connectivity index (χ1n) is 4.25. The van der Waals surface area contributed by atoms with Crippen molar-refractivity contribution in [3.63, 3.8) is 0 Å². The van der Waals surface area contributed by atoms with E-state index in [0.29, 0.717) is 13.2 Å². The van der Waals surface area contributed by atoms with E-state index in [-0.39, 0.29) is 0 Å². The minimum absolute atomic E-state index is 0.669. The predicted octanol–water partition coefficient (Wildman–Crippen LogP) is 5.24. The molecule has 0 saturated carbocycles. The molecule has 0 atom stereocenters. The van der Waals surface area contributed by atoms with E-state index >= 15 is 0 Å². The second-order valence-corrected chi connectivity index (χ2v) is 10.9. The molecule has 0 radical (unpaired) electrons. The zero-order chi connectivity index (χ0) is 11.1. The summed E-state index contributed by atoms with van der Waals surface area (Å²) in [7, 11) is 0. The molecule has 0 bridgehead atoms. The minimum Gasteiger partial charge on any atom is -0.480 e. The van der Waals surface area contributed by atoms with Crippen molar-refractivity contribution in [2.45, 2.75) is 0 Å². The second-order valence-electron chi connectivity index (χ2n) is 2.80. The van der Waals surface area contributed by atoms with Crippen LogP contribution in [0, 0.1) is 0 Å². The molecule has 0 saturated heterocycles. The number of thioether (sulfide) groups is 4. The van der Waals surface area contributed by atoms with E-state index < -0.39 is 0 Å². The Labute approximate surface area is 137 Å². The van der Waals surface area contributed by atoms with Crippen LogP contribution < -0.4 is 0 Å². The topological polar surface area (TPSA) is 18.5 Å². The zero-order valence-electron chi connectivity index (χ0n) is 7.62. The van der Waals surface area contributed by atoms with Gasteiger partial charge in [-0.1, -0.05) is 23.5 Å². The second kappa shape index (κ2) is 5.35. The summed E-state index contributed by atoms with van der Waals surface area (Å²) in [5, 5.41) is 1.88. The van der Waals surface area contributed by atoms with E-state index in [2.05, 4.69) is 45.2 Å². The van der Waals surface area contributed by atoms with E-state index in [9.17, 15) is 0 Å². The molecule has 3 heterocycles. The quantitative estimate of drug-likeness (QED) is 0.409. The lowest BCUT2D eigenvalue weighted by atomic mass is 10.7. The molecule has 3 rings (SSSR count). The Bertz CT molecular complexity index is 407. The molecule has 0 unspecified atom stereocenters. The van der Waals surface area contributed by atoms with Crippen molar-refractivity contribution < 1.29 is 9.47 Å². The molecular formula is C8H4I2O2S4. The normalized spacial score (nSPS) is 24.9. The highest BCUT2D eigenvalue weighted by atomic mass is 127. The summed E-state index contributed by atoms with van der Waals surface area (Å²) in [6.45, 7) is 1.34. The Morgan fingerprint density at radius 2 is 1.19 bits per heavy atom. The first kappa shape index (κ1) is 12.7. The van der Waals surface area contributed by atoms with E-state index in [1.807, 2.05) is 23.5 Å². The van der Waals surface area contributed by atoms with Crippen LogP contribution in [0.5, 0.6) is 0 Å². The van der Waals surface area contributed by atoms with Crippen molar-refractivity contribution in [3.8, 4) is 0 Å². The summed E-state index contributed by atoms with van der Waals surface area (Å²) in [6.07, 6.45) is 0. The van der Waals surface area contributed by atoms with Gasteiger partial charge in [0.2, 0.25) is 10.2 Å². The zero-order valence-corrected chi connectivity index (χ0v) is 15.2. The van der Waals surface area contributed by atoms with Gasteiger partial charge in [-0.05, 0) is 68.7 Å². The number of rotatable bonds is 0. The molecule has 2 nitrogen and oxygen atoms in total. The summed E-state index contributed by atoms with van der Waals surface area (Å²) in [5.41, 5.74) is 0. The largest absolute Gasteiger partial charge is 0.480 e. The molecule has 0 aromatic carbocycles. The molecule has 3 aliphatic heterocycles. The van der Waals surface area contributed by atoms with Crippen LogP contribution in [-0.2, 0) is 9.47 Å². The van der Waals surface area contributed by atoms with E-state index in [1.54, 1.807) is 23.5 Å². The molecular weight excluding hydrogens is 510 g/mol. The van der Waals surface area contributed by atoms with Crippen molar-refractivity contribution >= 4 is 92.2 Å². The van der Waals surface area contributed by atoms with Crippen molar-refractivity contribution in [1.82, 2.24) is 0 Å². The van der Waals surface area contributed by atoms with Gasteiger partial charge in [0.05, 0.1) is 14.3 Å². The van der Waals surface area contributed by atoms with Crippen molar-refractivity contribution in [1.29, 1.82) is 0 Å². The van der Waals surface area contributed by atoms with Gasteiger partial charge in [-0.2, -0.15) is 0 Å². The predicted molar refractivity (Wildman–Crippen MR) is 91.4 cm³/mol. The van der Waals surface area contributed by atoms with Crippen molar-refractivity contribution in [2.24, 2.45) is 0 Å². The third kappa shape index (κ3) is 2.51. The average Bonchev–Trinajstić information content (AvgIpc) is 2.83. The van der Waals surface area contributed by atoms with Crippen LogP contribution in [0.3, 0.4) is 0 Å². The van der Waals surface area contributed by atoms with Gasteiger partial charge in [-0.15, -0.1) is 0 Å². The van der Waals surface area contributed by atoms with E-state index in [1.165, 1.54) is 14.3 Å². The standard InChI is InChI=1S/C8H4I2O2S4/c9-3-4(10)14-7(13-3)8-15-5-6(16-8)12-2-1-11-5/h1-2H2. The molecule has 0 N–H and O–H groups in total. The Balaban J connectivity index is 1.79. The van der Waals surface area contributed by atoms with E-state index in [4.69, 9.17) is 9.47 Å². The maximum absolute atomic E-state index is 5.57.